The van der Waals surface area contributed by atoms with E-state index < -0.39 is 36.3 Å². The lowest BCUT2D eigenvalue weighted by atomic mass is 10.0. The number of unbranched alkanes of at least 4 members (excludes halogenated alkanes) is 4. The van der Waals surface area contributed by atoms with Gasteiger partial charge in [0, 0.05) is 33.5 Å². The first kappa shape index (κ1) is 68.3. The Hall–Kier alpha value is -0.980. The predicted octanol–water partition coefficient (Wildman–Crippen LogP) is 10.6. The molecule has 0 bridgehead atoms. The van der Waals surface area contributed by atoms with Crippen LogP contribution in [0.25, 0.3) is 0 Å². The molecule has 4 aromatic carbocycles. The standard InChI is InChI=1S/C23H25I4NO6.C21H24I4N2O3.C6H7NO4/c24-16-8-14(10-21(31)32)9-17(25)23(16)34-15-11-18(26)22(19(27)12-15)33-7-5-3-1-2-4-6-28-20(30)13-29;22-16-8-14(12-20(28)29)9-17(23)15(16)7-13-10-18(24)21(19(25)11-13)30-6-2-5-27-4-1-3-26;1-4(8)11-7-5(9)2-3-6(7)10/h8-9,11-12,29H,1-7,10,13H2,(H,28,30)(H,31,32);8-11,27H,1-7,12,26H2,(H,28,29);2-3H2,1H3. The maximum atomic E-state index is 11.0. The first-order valence-corrected chi connectivity index (χ1v) is 31.9. The number of nitrogens with two attached hydrogens (primary N) is 1. The molecule has 0 saturated carbocycles. The first-order valence-electron chi connectivity index (χ1n) is 23.2. The van der Waals surface area contributed by atoms with E-state index in [0.717, 1.165) is 129 Å². The summed E-state index contributed by atoms with van der Waals surface area (Å²) >= 11 is 18.1. The van der Waals surface area contributed by atoms with Gasteiger partial charge in [0.1, 0.15) is 23.9 Å². The van der Waals surface area contributed by atoms with Crippen LogP contribution in [0.2, 0.25) is 0 Å². The van der Waals surface area contributed by atoms with E-state index in [0.29, 0.717) is 36.3 Å². The van der Waals surface area contributed by atoms with Crippen LogP contribution in [0, 0.1) is 28.6 Å². The number of nitrogens with zero attached hydrogens (tertiary/aromatic N) is 1. The number of amides is 3. The van der Waals surface area contributed by atoms with Crippen LogP contribution in [-0.4, -0.2) is 102 Å². The number of ether oxygens (including phenoxy) is 3. The lowest BCUT2D eigenvalue weighted by Crippen LogP contribution is -2.30. The molecule has 3 amide bonds. The fourth-order valence-corrected chi connectivity index (χ4v) is 15.3. The van der Waals surface area contributed by atoms with Crippen LogP contribution < -0.4 is 30.6 Å². The molecule has 1 heterocycles. The molecule has 1 fully saturated rings. The summed E-state index contributed by atoms with van der Waals surface area (Å²) in [5, 5.41) is 33.3. The number of nitrogens with one attached hydrogen (secondary N) is 2. The highest BCUT2D eigenvalue weighted by molar-refractivity contribution is 14.1. The molecule has 17 nitrogen and oxygen atoms in total. The molecule has 1 aliphatic heterocycles. The number of carboxylic acids is 2. The second-order valence-electron chi connectivity index (χ2n) is 16.3. The molecule has 410 valence electrons. The molecule has 4 aromatic rings. The highest BCUT2D eigenvalue weighted by atomic mass is 127. The maximum Gasteiger partial charge on any atom is 0.330 e. The van der Waals surface area contributed by atoms with Crippen LogP contribution in [0.4, 0.5) is 0 Å². The largest absolute Gasteiger partial charge is 0.491 e. The minimum Gasteiger partial charge on any atom is -0.491 e. The molecule has 0 unspecified atom stereocenters. The van der Waals surface area contributed by atoms with Gasteiger partial charge in [0.2, 0.25) is 5.91 Å². The van der Waals surface area contributed by atoms with Gasteiger partial charge in [-0.25, -0.2) is 4.79 Å². The smallest absolute Gasteiger partial charge is 0.330 e. The SMILES string of the molecule is CC(=O)ON1C(=O)CCC1=O.NCCCNCCCOc1c(I)cc(Cc2c(I)cc(CC(=O)O)cc2I)cc1I.O=C(O)Cc1cc(I)c(Oc2cc(I)c(OCCCCCCCNC(=O)CO)c(I)c2)c(I)c1. The molecule has 7 N–H and O–H groups in total. The molecule has 0 radical (unpaired) electrons. The Balaban J connectivity index is 0.000000330. The van der Waals surface area contributed by atoms with Gasteiger partial charge >= 0.3 is 17.9 Å². The van der Waals surface area contributed by atoms with Crippen molar-refractivity contribution in [2.24, 2.45) is 5.73 Å². The molecule has 1 saturated heterocycles. The van der Waals surface area contributed by atoms with Gasteiger partial charge in [-0.15, -0.1) is 5.06 Å². The fourth-order valence-electron chi connectivity index (χ4n) is 6.72. The van der Waals surface area contributed by atoms with Crippen LogP contribution >= 0.6 is 181 Å². The number of carboxylic acid groups (broad SMARTS) is 2. The van der Waals surface area contributed by atoms with Gasteiger partial charge in [-0.1, -0.05) is 19.3 Å². The third-order valence-corrected chi connectivity index (χ3v) is 16.9. The summed E-state index contributed by atoms with van der Waals surface area (Å²) in [6, 6.07) is 15.9. The Bertz CT molecular complexity index is 2500. The highest BCUT2D eigenvalue weighted by Gasteiger charge is 2.32. The van der Waals surface area contributed by atoms with Crippen molar-refractivity contribution in [1.29, 1.82) is 0 Å². The Morgan fingerprint density at radius 2 is 1.03 bits per heavy atom. The number of aliphatic hydroxyl groups excluding tert-OH is 1. The first-order chi connectivity index (χ1) is 35.6. The molecule has 0 spiro atoms. The van der Waals surface area contributed by atoms with Gasteiger partial charge in [0.15, 0.2) is 5.75 Å². The predicted molar refractivity (Wildman–Crippen MR) is 351 cm³/mol. The zero-order chi connectivity index (χ0) is 55.6. The van der Waals surface area contributed by atoms with Crippen molar-refractivity contribution in [3.63, 3.8) is 0 Å². The number of halogens is 8. The van der Waals surface area contributed by atoms with Crippen LogP contribution in [0.15, 0.2) is 48.5 Å². The molecule has 1 aliphatic rings. The number of benzene rings is 4. The quantitative estimate of drug-likeness (QED) is 0.0184. The van der Waals surface area contributed by atoms with Crippen molar-refractivity contribution in [1.82, 2.24) is 15.7 Å². The number of aliphatic carboxylic acids is 2. The third-order valence-electron chi connectivity index (χ3n) is 10.2. The average molecular weight is 1940 g/mol. The number of carbonyl (C=O) groups is 6. The average Bonchev–Trinajstić information content (AvgIpc) is 3.63. The molecule has 75 heavy (non-hydrogen) atoms. The van der Waals surface area contributed by atoms with E-state index >= 15 is 0 Å². The number of rotatable bonds is 27. The lowest BCUT2D eigenvalue weighted by Gasteiger charge is -2.15. The van der Waals surface area contributed by atoms with Gasteiger partial charge in [0.05, 0.1) is 47.5 Å². The monoisotopic (exact) mass is 1940 g/mol. The normalized spacial score (nSPS) is 11.8. The van der Waals surface area contributed by atoms with E-state index in [1.54, 1.807) is 0 Å². The maximum absolute atomic E-state index is 11.0. The molecule has 5 rings (SSSR count). The Morgan fingerprint density at radius 3 is 1.52 bits per heavy atom. The summed E-state index contributed by atoms with van der Waals surface area (Å²) in [6.45, 7) is 5.20. The van der Waals surface area contributed by atoms with E-state index in [1.165, 1.54) is 11.1 Å². The zero-order valence-electron chi connectivity index (χ0n) is 40.5. The van der Waals surface area contributed by atoms with Crippen molar-refractivity contribution in [2.45, 2.75) is 84.0 Å². The number of hydrogen-bond donors (Lipinski definition) is 6. The van der Waals surface area contributed by atoms with Gasteiger partial charge < -0.3 is 50.7 Å². The van der Waals surface area contributed by atoms with Crippen molar-refractivity contribution < 1.29 is 63.1 Å². The second kappa shape index (κ2) is 37.1. The zero-order valence-corrected chi connectivity index (χ0v) is 57.8. The Labute approximate surface area is 545 Å². The summed E-state index contributed by atoms with van der Waals surface area (Å²) in [7, 11) is 0. The molecule has 0 aliphatic carbocycles. The summed E-state index contributed by atoms with van der Waals surface area (Å²) in [5.74, 6) is -0.340. The minimum absolute atomic E-state index is 0.0169. The highest BCUT2D eigenvalue weighted by Crippen LogP contribution is 2.38. The topological polar surface area (TPSA) is 253 Å². The van der Waals surface area contributed by atoms with Crippen LogP contribution in [0.1, 0.15) is 87.0 Å². The molecule has 25 heteroatoms. The second-order valence-corrected chi connectivity index (χ2v) is 25.6. The minimum atomic E-state index is -0.857. The molecular formula is C50H56I8N4O13. The van der Waals surface area contributed by atoms with E-state index in [2.05, 4.69) is 208 Å². The Morgan fingerprint density at radius 1 is 0.587 bits per heavy atom. The van der Waals surface area contributed by atoms with Gasteiger partial charge in [-0.05, 0) is 303 Å². The molecular weight excluding hydrogens is 1880 g/mol. The summed E-state index contributed by atoms with van der Waals surface area (Å²) in [6.07, 6.45) is 8.07. The number of carbonyl (C=O) groups excluding carboxylic acids is 4. The van der Waals surface area contributed by atoms with Gasteiger partial charge in [-0.3, -0.25) is 24.0 Å². The Kier molecular flexibility index (Phi) is 33.8. The summed E-state index contributed by atoms with van der Waals surface area (Å²) < 4.78 is 26.3. The fraction of sp³-hybridized carbons (Fsp3) is 0.400. The lowest BCUT2D eigenvalue weighted by molar-refractivity contribution is -0.195. The number of hydrogen-bond acceptors (Lipinski definition) is 13. The van der Waals surface area contributed by atoms with E-state index in [4.69, 9.17) is 35.3 Å². The summed E-state index contributed by atoms with van der Waals surface area (Å²) in [4.78, 5) is 69.1. The van der Waals surface area contributed by atoms with Crippen LogP contribution in [-0.2, 0) is 52.9 Å². The van der Waals surface area contributed by atoms with E-state index in [1.807, 2.05) is 36.4 Å². The van der Waals surface area contributed by atoms with Crippen molar-refractivity contribution in [2.75, 3.05) is 46.0 Å². The third kappa shape index (κ3) is 26.0. The molecule has 0 aromatic heterocycles. The van der Waals surface area contributed by atoms with Crippen molar-refractivity contribution in [3.05, 3.63) is 99.3 Å². The van der Waals surface area contributed by atoms with Crippen molar-refractivity contribution >= 4 is 216 Å². The number of hydroxylamine groups is 2. The number of imide groups is 1. The van der Waals surface area contributed by atoms with Crippen molar-refractivity contribution in [3.8, 4) is 23.0 Å². The van der Waals surface area contributed by atoms with Crippen LogP contribution in [0.5, 0.6) is 23.0 Å². The number of aliphatic hydroxyl groups is 1. The van der Waals surface area contributed by atoms with Gasteiger partial charge in [0.25, 0.3) is 11.8 Å². The van der Waals surface area contributed by atoms with E-state index in [9.17, 15) is 28.8 Å². The van der Waals surface area contributed by atoms with Gasteiger partial charge in [-0.2, -0.15) is 0 Å². The van der Waals surface area contributed by atoms with Crippen LogP contribution in [0.3, 0.4) is 0 Å². The summed E-state index contributed by atoms with van der Waals surface area (Å²) in [5.41, 5.74) is 9.53. The molecule has 0 atom stereocenters. The van der Waals surface area contributed by atoms with E-state index in [-0.39, 0.29) is 31.6 Å².